The van der Waals surface area contributed by atoms with Crippen LogP contribution in [0, 0.1) is 0 Å². The number of nitrogens with one attached hydrogen (secondary N) is 2. The number of hydrogen-bond donors (Lipinski definition) is 2. The highest BCUT2D eigenvalue weighted by Crippen LogP contribution is 1.98. The SMILES string of the molecule is O=C([O-])CCCC(=O)NCCNc1ccccn1. The number of amides is 1. The number of carbonyl (C=O) groups excluding carboxylic acids is 2. The van der Waals surface area contributed by atoms with E-state index >= 15 is 0 Å². The summed E-state index contributed by atoms with van der Waals surface area (Å²) in [7, 11) is 0. The van der Waals surface area contributed by atoms with Crippen LogP contribution in [0.2, 0.25) is 0 Å². The zero-order valence-corrected chi connectivity index (χ0v) is 10.0. The van der Waals surface area contributed by atoms with E-state index in [-0.39, 0.29) is 18.7 Å². The van der Waals surface area contributed by atoms with Gasteiger partial charge in [-0.2, -0.15) is 0 Å². The molecule has 2 N–H and O–H groups in total. The fourth-order valence-corrected chi connectivity index (χ4v) is 1.34. The second-order valence-corrected chi connectivity index (χ2v) is 3.72. The molecule has 6 heteroatoms. The van der Waals surface area contributed by atoms with Gasteiger partial charge in [0.25, 0.3) is 0 Å². The predicted octanol–water partition coefficient (Wildman–Crippen LogP) is -0.470. The first-order chi connectivity index (χ1) is 8.68. The van der Waals surface area contributed by atoms with Crippen LogP contribution in [-0.2, 0) is 9.59 Å². The second-order valence-electron chi connectivity index (χ2n) is 3.72. The highest BCUT2D eigenvalue weighted by atomic mass is 16.4. The van der Waals surface area contributed by atoms with Crippen LogP contribution >= 0.6 is 0 Å². The van der Waals surface area contributed by atoms with Gasteiger partial charge >= 0.3 is 0 Å². The lowest BCUT2D eigenvalue weighted by Crippen LogP contribution is -2.29. The number of aromatic nitrogens is 1. The summed E-state index contributed by atoms with van der Waals surface area (Å²) >= 11 is 0. The Kier molecular flexibility index (Phi) is 6.24. The maximum Gasteiger partial charge on any atom is 0.220 e. The quantitative estimate of drug-likeness (QED) is 0.608. The lowest BCUT2D eigenvalue weighted by atomic mass is 10.2. The van der Waals surface area contributed by atoms with Crippen LogP contribution in [0.5, 0.6) is 0 Å². The van der Waals surface area contributed by atoms with Crippen LogP contribution in [0.1, 0.15) is 19.3 Å². The molecule has 0 unspecified atom stereocenters. The van der Waals surface area contributed by atoms with Crippen LogP contribution in [-0.4, -0.2) is 29.9 Å². The molecular weight excluding hydrogens is 234 g/mol. The number of aliphatic carboxylic acids is 1. The van der Waals surface area contributed by atoms with Crippen LogP contribution < -0.4 is 15.7 Å². The van der Waals surface area contributed by atoms with Gasteiger partial charge < -0.3 is 20.5 Å². The van der Waals surface area contributed by atoms with Gasteiger partial charge in [-0.3, -0.25) is 4.79 Å². The van der Waals surface area contributed by atoms with Gasteiger partial charge in [-0.25, -0.2) is 4.98 Å². The van der Waals surface area contributed by atoms with E-state index in [1.807, 2.05) is 18.2 Å². The normalized spacial score (nSPS) is 9.78. The molecule has 6 nitrogen and oxygen atoms in total. The van der Waals surface area contributed by atoms with E-state index < -0.39 is 5.97 Å². The molecule has 0 bridgehead atoms. The van der Waals surface area contributed by atoms with E-state index in [1.165, 1.54) is 0 Å². The molecule has 0 aromatic carbocycles. The van der Waals surface area contributed by atoms with Crippen molar-refractivity contribution in [2.45, 2.75) is 19.3 Å². The fourth-order valence-electron chi connectivity index (χ4n) is 1.34. The Bertz CT molecular complexity index is 381. The third-order valence-electron chi connectivity index (χ3n) is 2.20. The molecule has 1 aromatic heterocycles. The summed E-state index contributed by atoms with van der Waals surface area (Å²) in [6.45, 7) is 1.05. The molecule has 0 saturated carbocycles. The van der Waals surface area contributed by atoms with Crippen LogP contribution in [0.4, 0.5) is 5.82 Å². The summed E-state index contributed by atoms with van der Waals surface area (Å²) in [5.41, 5.74) is 0. The van der Waals surface area contributed by atoms with Gasteiger partial charge in [-0.15, -0.1) is 0 Å². The average molecular weight is 250 g/mol. The molecule has 0 radical (unpaired) electrons. The number of pyridine rings is 1. The molecule has 1 heterocycles. The van der Waals surface area contributed by atoms with Crippen molar-refractivity contribution in [2.24, 2.45) is 0 Å². The van der Waals surface area contributed by atoms with E-state index in [0.717, 1.165) is 5.82 Å². The molecule has 1 aromatic rings. The molecule has 1 amide bonds. The Balaban J connectivity index is 2.04. The van der Waals surface area contributed by atoms with Gasteiger partial charge in [0.05, 0.1) is 0 Å². The fraction of sp³-hybridized carbons (Fsp3) is 0.417. The first-order valence-electron chi connectivity index (χ1n) is 5.80. The molecule has 1 rings (SSSR count). The number of hydrogen-bond acceptors (Lipinski definition) is 5. The minimum atomic E-state index is -1.13. The third-order valence-corrected chi connectivity index (χ3v) is 2.20. The van der Waals surface area contributed by atoms with E-state index in [4.69, 9.17) is 0 Å². The lowest BCUT2D eigenvalue weighted by molar-refractivity contribution is -0.305. The first-order valence-corrected chi connectivity index (χ1v) is 5.80. The number of carboxylic acids is 1. The van der Waals surface area contributed by atoms with E-state index in [2.05, 4.69) is 15.6 Å². The number of rotatable bonds is 8. The van der Waals surface area contributed by atoms with Gasteiger partial charge in [-0.05, 0) is 25.0 Å². The largest absolute Gasteiger partial charge is 0.550 e. The standard InChI is InChI=1S/C12H17N3O3/c16-11(5-3-6-12(17)18)15-9-8-14-10-4-1-2-7-13-10/h1-2,4,7H,3,5-6,8-9H2,(H,13,14)(H,15,16)(H,17,18)/p-1. The zero-order chi connectivity index (χ0) is 13.2. The van der Waals surface area contributed by atoms with Crippen molar-refractivity contribution in [2.75, 3.05) is 18.4 Å². The molecule has 98 valence electrons. The third kappa shape index (κ3) is 6.47. The monoisotopic (exact) mass is 250 g/mol. The smallest absolute Gasteiger partial charge is 0.220 e. The molecule has 0 aliphatic heterocycles. The summed E-state index contributed by atoms with van der Waals surface area (Å²) in [6.07, 6.45) is 2.11. The Morgan fingerprint density at radius 3 is 2.72 bits per heavy atom. The first kappa shape index (κ1) is 14.0. The number of nitrogens with zero attached hydrogens (tertiary/aromatic N) is 1. The zero-order valence-electron chi connectivity index (χ0n) is 10.0. The van der Waals surface area contributed by atoms with Gasteiger partial charge in [0.1, 0.15) is 5.82 Å². The van der Waals surface area contributed by atoms with Crippen LogP contribution in [0.15, 0.2) is 24.4 Å². The minimum Gasteiger partial charge on any atom is -0.550 e. The molecule has 0 saturated heterocycles. The Hall–Kier alpha value is -2.11. The van der Waals surface area contributed by atoms with Gasteiger partial charge in [0, 0.05) is 31.7 Å². The van der Waals surface area contributed by atoms with Crippen molar-refractivity contribution in [3.8, 4) is 0 Å². The Labute approximate surface area is 105 Å². The van der Waals surface area contributed by atoms with Crippen molar-refractivity contribution in [1.82, 2.24) is 10.3 Å². The summed E-state index contributed by atoms with van der Waals surface area (Å²) in [5.74, 6) is -0.526. The van der Waals surface area contributed by atoms with Crippen molar-refractivity contribution >= 4 is 17.7 Å². The topological polar surface area (TPSA) is 94.1 Å². The van der Waals surface area contributed by atoms with Crippen molar-refractivity contribution in [1.29, 1.82) is 0 Å². The Morgan fingerprint density at radius 2 is 2.06 bits per heavy atom. The average Bonchev–Trinajstić information content (AvgIpc) is 2.35. The van der Waals surface area contributed by atoms with E-state index in [0.29, 0.717) is 19.5 Å². The molecule has 0 aliphatic rings. The molecule has 0 atom stereocenters. The van der Waals surface area contributed by atoms with Crippen molar-refractivity contribution in [3.63, 3.8) is 0 Å². The maximum atomic E-state index is 11.3. The van der Waals surface area contributed by atoms with E-state index in [1.54, 1.807) is 6.20 Å². The summed E-state index contributed by atoms with van der Waals surface area (Å²) < 4.78 is 0. The highest BCUT2D eigenvalue weighted by Gasteiger charge is 2.00. The molecule has 0 fully saturated rings. The van der Waals surface area contributed by atoms with Gasteiger partial charge in [0.2, 0.25) is 5.91 Å². The van der Waals surface area contributed by atoms with Crippen LogP contribution in [0.25, 0.3) is 0 Å². The highest BCUT2D eigenvalue weighted by molar-refractivity contribution is 5.76. The molecule has 0 aliphatic carbocycles. The number of anilines is 1. The number of carboxylic acid groups (broad SMARTS) is 1. The molecular formula is C12H16N3O3-. The summed E-state index contributed by atoms with van der Waals surface area (Å²) in [4.78, 5) is 25.5. The van der Waals surface area contributed by atoms with Crippen LogP contribution in [0.3, 0.4) is 0 Å². The van der Waals surface area contributed by atoms with Gasteiger partial charge in [0.15, 0.2) is 0 Å². The minimum absolute atomic E-state index is 0.0837. The molecule has 0 spiro atoms. The van der Waals surface area contributed by atoms with Crippen molar-refractivity contribution in [3.05, 3.63) is 24.4 Å². The number of carbonyl (C=O) groups is 2. The molecule has 18 heavy (non-hydrogen) atoms. The van der Waals surface area contributed by atoms with Crippen molar-refractivity contribution < 1.29 is 14.7 Å². The summed E-state index contributed by atoms with van der Waals surface area (Å²) in [5, 5.41) is 15.9. The maximum absolute atomic E-state index is 11.3. The van der Waals surface area contributed by atoms with E-state index in [9.17, 15) is 14.7 Å². The Morgan fingerprint density at radius 1 is 1.22 bits per heavy atom. The lowest BCUT2D eigenvalue weighted by Gasteiger charge is -2.07. The van der Waals surface area contributed by atoms with Gasteiger partial charge in [-0.1, -0.05) is 6.07 Å². The predicted molar refractivity (Wildman–Crippen MR) is 64.6 cm³/mol. The summed E-state index contributed by atoms with van der Waals surface area (Å²) in [6, 6.07) is 5.53. The second kappa shape index (κ2) is 8.05.